The second-order valence-corrected chi connectivity index (χ2v) is 13.5. The van der Waals surface area contributed by atoms with Gasteiger partial charge in [0.2, 0.25) is 0 Å². The minimum Gasteiger partial charge on any atom is -0.393 e. The zero-order chi connectivity index (χ0) is 27.3. The number of hydrogen-bond acceptors (Lipinski definition) is 4. The molecular weight excluding hydrogens is 472 g/mol. The Morgan fingerprint density at radius 1 is 1.00 bits per heavy atom. The summed E-state index contributed by atoms with van der Waals surface area (Å²) in [5, 5.41) is 31.2. The summed E-state index contributed by atoms with van der Waals surface area (Å²) >= 11 is 0. The second kappa shape index (κ2) is 13.0. The molecule has 0 saturated heterocycles. The maximum absolute atomic E-state index is 13.0. The molecule has 7 atom stereocenters. The van der Waals surface area contributed by atoms with Crippen molar-refractivity contribution in [2.24, 2.45) is 28.6 Å². The quantitative estimate of drug-likeness (QED) is 0.185. The number of rotatable bonds is 12. The number of carbonyl (C=O) groups is 1. The van der Waals surface area contributed by atoms with Gasteiger partial charge in [-0.2, -0.15) is 0 Å². The van der Waals surface area contributed by atoms with Crippen LogP contribution in [0.3, 0.4) is 0 Å². The molecular formula is C34H54O4. The Balaban J connectivity index is 1.35. The Morgan fingerprint density at radius 3 is 2.39 bits per heavy atom. The van der Waals surface area contributed by atoms with Gasteiger partial charge in [-0.05, 0) is 93.8 Å². The molecule has 0 aromatic carbocycles. The van der Waals surface area contributed by atoms with Gasteiger partial charge >= 0.3 is 0 Å². The first-order valence-corrected chi connectivity index (χ1v) is 15.8. The molecule has 4 aliphatic rings. The number of unbranched alkanes of at least 4 members (excludes halogenated alkanes) is 4. The summed E-state index contributed by atoms with van der Waals surface area (Å²) in [7, 11) is 0. The van der Waals surface area contributed by atoms with Gasteiger partial charge in [-0.25, -0.2) is 0 Å². The van der Waals surface area contributed by atoms with E-state index in [2.05, 4.69) is 39.0 Å². The lowest BCUT2D eigenvalue weighted by molar-refractivity contribution is -0.127. The van der Waals surface area contributed by atoms with Gasteiger partial charge in [0, 0.05) is 6.42 Å². The Morgan fingerprint density at radius 2 is 1.71 bits per heavy atom. The summed E-state index contributed by atoms with van der Waals surface area (Å²) in [6.07, 6.45) is 23.1. The summed E-state index contributed by atoms with van der Waals surface area (Å²) in [5.41, 5.74) is 2.47. The third kappa shape index (κ3) is 6.73. The highest BCUT2D eigenvalue weighted by molar-refractivity contribution is 5.88. The fraction of sp³-hybridized carbons (Fsp3) is 0.794. The molecule has 4 heteroatoms. The highest BCUT2D eigenvalue weighted by Crippen LogP contribution is 2.59. The van der Waals surface area contributed by atoms with Crippen molar-refractivity contribution in [2.75, 3.05) is 0 Å². The van der Waals surface area contributed by atoms with Crippen molar-refractivity contribution in [1.29, 1.82) is 0 Å². The van der Waals surface area contributed by atoms with E-state index in [1.165, 1.54) is 50.5 Å². The van der Waals surface area contributed by atoms with E-state index in [0.29, 0.717) is 43.4 Å². The zero-order valence-electron chi connectivity index (χ0n) is 24.3. The van der Waals surface area contributed by atoms with Gasteiger partial charge in [0.25, 0.3) is 0 Å². The SMILES string of the molecule is CCCCCCCC(=O)C1([C@@H](O)/C=C/[C@@H](C)[C@H]2CC[C@H]3/C(=C/C=C4C[C@@H](O)C[C@H](O)C4)CCC[C@]23C)CC1. The molecule has 0 bridgehead atoms. The van der Waals surface area contributed by atoms with E-state index in [1.807, 2.05) is 6.08 Å². The topological polar surface area (TPSA) is 77.8 Å². The first-order valence-electron chi connectivity index (χ1n) is 15.8. The van der Waals surface area contributed by atoms with Crippen LogP contribution in [0.4, 0.5) is 0 Å². The molecule has 38 heavy (non-hydrogen) atoms. The fourth-order valence-corrected chi connectivity index (χ4v) is 8.28. The van der Waals surface area contributed by atoms with Crippen LogP contribution in [-0.4, -0.2) is 39.4 Å². The van der Waals surface area contributed by atoms with Crippen molar-refractivity contribution >= 4 is 5.78 Å². The predicted octanol–water partition coefficient (Wildman–Crippen LogP) is 7.22. The Bertz CT molecular complexity index is 884. The minimum absolute atomic E-state index is 0.258. The fourth-order valence-electron chi connectivity index (χ4n) is 8.28. The van der Waals surface area contributed by atoms with E-state index in [-0.39, 0.29) is 11.2 Å². The van der Waals surface area contributed by atoms with Crippen molar-refractivity contribution < 1.29 is 20.1 Å². The third-order valence-electron chi connectivity index (χ3n) is 10.8. The van der Waals surface area contributed by atoms with Gasteiger partial charge in [0.05, 0.1) is 23.7 Å². The molecule has 0 aromatic heterocycles. The van der Waals surface area contributed by atoms with Crippen LogP contribution < -0.4 is 0 Å². The average Bonchev–Trinajstić information content (AvgIpc) is 3.61. The lowest BCUT2D eigenvalue weighted by atomic mass is 9.61. The summed E-state index contributed by atoms with van der Waals surface area (Å²) in [6, 6.07) is 0. The first kappa shape index (κ1) is 29.7. The molecule has 0 aliphatic heterocycles. The molecule has 0 aromatic rings. The van der Waals surface area contributed by atoms with Gasteiger partial charge in [0.15, 0.2) is 0 Å². The van der Waals surface area contributed by atoms with Crippen LogP contribution in [0.1, 0.15) is 124 Å². The van der Waals surface area contributed by atoms with Crippen molar-refractivity contribution in [3.05, 3.63) is 35.5 Å². The average molecular weight is 527 g/mol. The van der Waals surface area contributed by atoms with Crippen LogP contribution in [0.2, 0.25) is 0 Å². The third-order valence-corrected chi connectivity index (χ3v) is 10.8. The number of aliphatic hydroxyl groups is 3. The molecule has 0 spiro atoms. The normalized spacial score (nSPS) is 35.3. The van der Waals surface area contributed by atoms with Crippen LogP contribution >= 0.6 is 0 Å². The number of allylic oxidation sites excluding steroid dienone is 4. The number of Topliss-reactive ketones (excluding diaryl/α,β-unsaturated/α-hetero) is 1. The first-order chi connectivity index (χ1) is 18.2. The lowest BCUT2D eigenvalue weighted by Crippen LogP contribution is -2.35. The van der Waals surface area contributed by atoms with Gasteiger partial charge in [-0.1, -0.05) is 81.9 Å². The van der Waals surface area contributed by atoms with E-state index in [1.54, 1.807) is 5.57 Å². The van der Waals surface area contributed by atoms with E-state index in [0.717, 1.165) is 32.1 Å². The van der Waals surface area contributed by atoms with Gasteiger partial charge < -0.3 is 15.3 Å². The highest BCUT2D eigenvalue weighted by Gasteiger charge is 2.54. The van der Waals surface area contributed by atoms with Crippen LogP contribution in [0.15, 0.2) is 35.5 Å². The van der Waals surface area contributed by atoms with Crippen molar-refractivity contribution in [3.63, 3.8) is 0 Å². The molecule has 214 valence electrons. The van der Waals surface area contributed by atoms with E-state index in [4.69, 9.17) is 0 Å². The zero-order valence-corrected chi connectivity index (χ0v) is 24.3. The predicted molar refractivity (Wildman–Crippen MR) is 155 cm³/mol. The van der Waals surface area contributed by atoms with Crippen molar-refractivity contribution in [3.8, 4) is 0 Å². The number of fused-ring (bicyclic) bond motifs is 1. The van der Waals surface area contributed by atoms with E-state index >= 15 is 0 Å². The molecule has 0 unspecified atom stereocenters. The number of carbonyl (C=O) groups excluding carboxylic acids is 1. The summed E-state index contributed by atoms with van der Waals surface area (Å²) in [5.74, 6) is 1.82. The van der Waals surface area contributed by atoms with Crippen LogP contribution in [0.25, 0.3) is 0 Å². The lowest BCUT2D eigenvalue weighted by Gasteiger charge is -2.44. The Labute approximate surface area is 231 Å². The molecule has 4 saturated carbocycles. The molecule has 4 nitrogen and oxygen atoms in total. The smallest absolute Gasteiger partial charge is 0.141 e. The molecule has 4 fully saturated rings. The van der Waals surface area contributed by atoms with E-state index in [9.17, 15) is 20.1 Å². The van der Waals surface area contributed by atoms with E-state index < -0.39 is 23.7 Å². The second-order valence-electron chi connectivity index (χ2n) is 13.5. The monoisotopic (exact) mass is 526 g/mol. The van der Waals surface area contributed by atoms with Crippen molar-refractivity contribution in [1.82, 2.24) is 0 Å². The van der Waals surface area contributed by atoms with Gasteiger partial charge in [-0.3, -0.25) is 4.79 Å². The maximum Gasteiger partial charge on any atom is 0.141 e. The molecule has 0 heterocycles. The summed E-state index contributed by atoms with van der Waals surface area (Å²) in [4.78, 5) is 13.0. The highest BCUT2D eigenvalue weighted by atomic mass is 16.3. The van der Waals surface area contributed by atoms with Crippen molar-refractivity contribution in [2.45, 2.75) is 142 Å². The number of aliphatic hydroxyl groups excluding tert-OH is 3. The Hall–Kier alpha value is -1.23. The molecule has 3 N–H and O–H groups in total. The number of ketones is 1. The Kier molecular flexibility index (Phi) is 10.1. The molecule has 4 rings (SSSR count). The number of hydrogen-bond donors (Lipinski definition) is 3. The van der Waals surface area contributed by atoms with Gasteiger partial charge in [0.1, 0.15) is 5.78 Å². The van der Waals surface area contributed by atoms with Crippen LogP contribution in [-0.2, 0) is 4.79 Å². The molecule has 0 radical (unpaired) electrons. The maximum atomic E-state index is 13.0. The largest absolute Gasteiger partial charge is 0.393 e. The van der Waals surface area contributed by atoms with Crippen LogP contribution in [0, 0.1) is 28.6 Å². The van der Waals surface area contributed by atoms with Gasteiger partial charge in [-0.15, -0.1) is 0 Å². The summed E-state index contributed by atoms with van der Waals surface area (Å²) < 4.78 is 0. The molecule has 4 aliphatic carbocycles. The standard InChI is InChI=1S/C34H54O4/c1-4-5-6-7-8-11-31(37)34(19-20-34)32(38)17-12-24(2)29-15-16-30-26(10-9-18-33(29,30)3)14-13-25-21-27(35)23-28(36)22-25/h12-14,17,24,27-30,32,35-36,38H,4-11,15-16,18-23H2,1-3H3/b17-12+,26-14+/t24-,27-,28-,29-,30+,32+,33-/m1/s1. The van der Waals surface area contributed by atoms with Crippen LogP contribution in [0.5, 0.6) is 0 Å². The summed E-state index contributed by atoms with van der Waals surface area (Å²) in [6.45, 7) is 7.00. The molecule has 0 amide bonds. The minimum atomic E-state index is -0.646.